The van der Waals surface area contributed by atoms with E-state index in [1.165, 1.54) is 4.88 Å². The fourth-order valence-electron chi connectivity index (χ4n) is 1.49. The summed E-state index contributed by atoms with van der Waals surface area (Å²) in [5.41, 5.74) is 7.21. The number of hydrogen-bond donors (Lipinski definition) is 1. The second-order valence-electron chi connectivity index (χ2n) is 3.06. The molecule has 0 aromatic carbocycles. The minimum Gasteiger partial charge on any atom is -0.318 e. The SMILES string of the molecule is CCn1nccc1C(N)c1cccs1. The Morgan fingerprint density at radius 3 is 3.07 bits per heavy atom. The van der Waals surface area contributed by atoms with Gasteiger partial charge in [-0.05, 0) is 24.4 Å². The van der Waals surface area contributed by atoms with Gasteiger partial charge in [0, 0.05) is 17.6 Å². The molecule has 0 fully saturated rings. The molecular weight excluding hydrogens is 194 g/mol. The molecule has 0 amide bonds. The number of rotatable bonds is 3. The van der Waals surface area contributed by atoms with E-state index in [1.807, 2.05) is 22.2 Å². The molecule has 14 heavy (non-hydrogen) atoms. The van der Waals surface area contributed by atoms with Crippen LogP contribution in [0, 0.1) is 0 Å². The molecule has 0 aliphatic rings. The molecule has 2 N–H and O–H groups in total. The molecule has 0 bridgehead atoms. The highest BCUT2D eigenvalue weighted by Gasteiger charge is 2.13. The molecule has 0 aliphatic heterocycles. The van der Waals surface area contributed by atoms with Crippen LogP contribution in [0.4, 0.5) is 0 Å². The number of nitrogens with zero attached hydrogens (tertiary/aromatic N) is 2. The summed E-state index contributed by atoms with van der Waals surface area (Å²) in [4.78, 5) is 1.18. The summed E-state index contributed by atoms with van der Waals surface area (Å²) in [6.07, 6.45) is 1.80. The van der Waals surface area contributed by atoms with Gasteiger partial charge in [-0.3, -0.25) is 4.68 Å². The smallest absolute Gasteiger partial charge is 0.0816 e. The topological polar surface area (TPSA) is 43.8 Å². The lowest BCUT2D eigenvalue weighted by Gasteiger charge is -2.11. The fraction of sp³-hybridized carbons (Fsp3) is 0.300. The van der Waals surface area contributed by atoms with Crippen LogP contribution in [0.1, 0.15) is 23.5 Å². The molecule has 1 atom stereocenters. The first-order valence-corrected chi connectivity index (χ1v) is 5.51. The molecule has 0 saturated carbocycles. The Kier molecular flexibility index (Phi) is 2.65. The maximum atomic E-state index is 6.13. The predicted octanol–water partition coefficient (Wildman–Crippen LogP) is 2.01. The summed E-state index contributed by atoms with van der Waals surface area (Å²) >= 11 is 1.68. The zero-order chi connectivity index (χ0) is 9.97. The van der Waals surface area contributed by atoms with Crippen LogP contribution < -0.4 is 5.73 Å². The normalized spacial score (nSPS) is 13.0. The molecule has 2 aromatic rings. The van der Waals surface area contributed by atoms with Crippen LogP contribution >= 0.6 is 11.3 Å². The van der Waals surface area contributed by atoms with Gasteiger partial charge < -0.3 is 5.73 Å². The van der Waals surface area contributed by atoms with Gasteiger partial charge in [0.15, 0.2) is 0 Å². The van der Waals surface area contributed by atoms with Gasteiger partial charge >= 0.3 is 0 Å². The van der Waals surface area contributed by atoms with Gasteiger partial charge in [0.1, 0.15) is 0 Å². The van der Waals surface area contributed by atoms with Crippen LogP contribution in [-0.2, 0) is 6.54 Å². The van der Waals surface area contributed by atoms with E-state index in [0.29, 0.717) is 0 Å². The molecule has 2 aromatic heterocycles. The fourth-order valence-corrected chi connectivity index (χ4v) is 2.22. The van der Waals surface area contributed by atoms with Crippen LogP contribution in [0.2, 0.25) is 0 Å². The molecule has 4 heteroatoms. The highest BCUT2D eigenvalue weighted by atomic mass is 32.1. The number of aryl methyl sites for hydroxylation is 1. The Morgan fingerprint density at radius 2 is 2.43 bits per heavy atom. The molecule has 0 radical (unpaired) electrons. The molecule has 2 rings (SSSR count). The van der Waals surface area contributed by atoms with Crippen molar-refractivity contribution in [3.8, 4) is 0 Å². The van der Waals surface area contributed by atoms with Gasteiger partial charge in [0.05, 0.1) is 11.7 Å². The van der Waals surface area contributed by atoms with Gasteiger partial charge in [-0.2, -0.15) is 5.10 Å². The van der Waals surface area contributed by atoms with Crippen molar-refractivity contribution in [3.05, 3.63) is 40.3 Å². The maximum absolute atomic E-state index is 6.13. The number of hydrogen-bond acceptors (Lipinski definition) is 3. The summed E-state index contributed by atoms with van der Waals surface area (Å²) in [5, 5.41) is 6.25. The first-order valence-electron chi connectivity index (χ1n) is 4.63. The summed E-state index contributed by atoms with van der Waals surface area (Å²) in [6, 6.07) is 6.01. The summed E-state index contributed by atoms with van der Waals surface area (Å²) in [5.74, 6) is 0. The van der Waals surface area contributed by atoms with Crippen LogP contribution in [-0.4, -0.2) is 9.78 Å². The van der Waals surface area contributed by atoms with Gasteiger partial charge in [0.25, 0.3) is 0 Å². The standard InChI is InChI=1S/C10H13N3S/c1-2-13-8(5-6-12-13)10(11)9-4-3-7-14-9/h3-7,10H,2,11H2,1H3. The largest absolute Gasteiger partial charge is 0.318 e. The van der Waals surface area contributed by atoms with Gasteiger partial charge in [0.2, 0.25) is 0 Å². The number of nitrogens with two attached hydrogens (primary N) is 1. The van der Waals surface area contributed by atoms with Crippen molar-refractivity contribution in [2.24, 2.45) is 5.73 Å². The molecule has 0 spiro atoms. The molecule has 0 aliphatic carbocycles. The third kappa shape index (κ3) is 1.58. The van der Waals surface area contributed by atoms with E-state index in [2.05, 4.69) is 18.1 Å². The zero-order valence-electron chi connectivity index (χ0n) is 8.05. The second-order valence-corrected chi connectivity index (χ2v) is 4.04. The summed E-state index contributed by atoms with van der Waals surface area (Å²) in [7, 11) is 0. The lowest BCUT2D eigenvalue weighted by atomic mass is 10.2. The molecule has 2 heterocycles. The van der Waals surface area contributed by atoms with Crippen molar-refractivity contribution >= 4 is 11.3 Å². The monoisotopic (exact) mass is 207 g/mol. The first kappa shape index (κ1) is 9.43. The minimum atomic E-state index is -0.0440. The Balaban J connectivity index is 2.31. The van der Waals surface area contributed by atoms with E-state index in [-0.39, 0.29) is 6.04 Å². The van der Waals surface area contributed by atoms with E-state index in [0.717, 1.165) is 12.2 Å². The molecule has 1 unspecified atom stereocenters. The van der Waals surface area contributed by atoms with Gasteiger partial charge in [-0.25, -0.2) is 0 Å². The van der Waals surface area contributed by atoms with E-state index >= 15 is 0 Å². The van der Waals surface area contributed by atoms with Crippen LogP contribution in [0.5, 0.6) is 0 Å². The van der Waals surface area contributed by atoms with Gasteiger partial charge in [-0.15, -0.1) is 11.3 Å². The van der Waals surface area contributed by atoms with E-state index in [4.69, 9.17) is 5.73 Å². The Morgan fingerprint density at radius 1 is 1.57 bits per heavy atom. The summed E-state index contributed by atoms with van der Waals surface area (Å²) in [6.45, 7) is 2.93. The van der Waals surface area contributed by atoms with Crippen molar-refractivity contribution < 1.29 is 0 Å². The van der Waals surface area contributed by atoms with Gasteiger partial charge in [-0.1, -0.05) is 6.07 Å². The molecular formula is C10H13N3S. The van der Waals surface area contributed by atoms with E-state index in [1.54, 1.807) is 17.5 Å². The highest BCUT2D eigenvalue weighted by Crippen LogP contribution is 2.23. The van der Waals surface area contributed by atoms with Crippen LogP contribution in [0.15, 0.2) is 29.8 Å². The summed E-state index contributed by atoms with van der Waals surface area (Å²) < 4.78 is 1.93. The average molecular weight is 207 g/mol. The zero-order valence-corrected chi connectivity index (χ0v) is 8.87. The van der Waals surface area contributed by atoms with Crippen molar-refractivity contribution in [2.45, 2.75) is 19.5 Å². The third-order valence-electron chi connectivity index (χ3n) is 2.22. The van der Waals surface area contributed by atoms with Crippen LogP contribution in [0.25, 0.3) is 0 Å². The third-order valence-corrected chi connectivity index (χ3v) is 3.17. The Labute approximate surface area is 87.2 Å². The maximum Gasteiger partial charge on any atom is 0.0816 e. The predicted molar refractivity (Wildman–Crippen MR) is 58.3 cm³/mol. The molecule has 74 valence electrons. The molecule has 0 saturated heterocycles. The van der Waals surface area contributed by atoms with E-state index in [9.17, 15) is 0 Å². The second kappa shape index (κ2) is 3.94. The van der Waals surface area contributed by atoms with Crippen molar-refractivity contribution in [2.75, 3.05) is 0 Å². The van der Waals surface area contributed by atoms with Crippen LogP contribution in [0.3, 0.4) is 0 Å². The first-order chi connectivity index (χ1) is 6.83. The quantitative estimate of drug-likeness (QED) is 0.836. The Bertz CT molecular complexity index is 391. The number of thiophene rings is 1. The lowest BCUT2D eigenvalue weighted by molar-refractivity contribution is 0.603. The van der Waals surface area contributed by atoms with Crippen molar-refractivity contribution in [1.82, 2.24) is 9.78 Å². The van der Waals surface area contributed by atoms with Crippen molar-refractivity contribution in [1.29, 1.82) is 0 Å². The lowest BCUT2D eigenvalue weighted by Crippen LogP contribution is -2.15. The van der Waals surface area contributed by atoms with E-state index < -0.39 is 0 Å². The minimum absolute atomic E-state index is 0.0440. The van der Waals surface area contributed by atoms with Crippen molar-refractivity contribution in [3.63, 3.8) is 0 Å². The molecule has 3 nitrogen and oxygen atoms in total. The highest BCUT2D eigenvalue weighted by molar-refractivity contribution is 7.10. The number of aromatic nitrogens is 2. The Hall–Kier alpha value is -1.13. The average Bonchev–Trinajstić information content (AvgIpc) is 2.87.